The highest BCUT2D eigenvalue weighted by atomic mass is 32.1. The van der Waals surface area contributed by atoms with Crippen LogP contribution in [0.3, 0.4) is 0 Å². The predicted molar refractivity (Wildman–Crippen MR) is 111 cm³/mol. The number of piperidine rings is 1. The first kappa shape index (κ1) is 19.6. The van der Waals surface area contributed by atoms with Gasteiger partial charge in [0.1, 0.15) is 10.7 Å². The Bertz CT molecular complexity index is 927. The highest BCUT2D eigenvalue weighted by Crippen LogP contribution is 2.36. The number of nitrogens with one attached hydrogen (secondary N) is 1. The van der Waals surface area contributed by atoms with Gasteiger partial charge in [0.15, 0.2) is 0 Å². The third-order valence-corrected chi connectivity index (χ3v) is 7.42. The van der Waals surface area contributed by atoms with Crippen molar-refractivity contribution >= 4 is 27.5 Å². The zero-order chi connectivity index (χ0) is 19.8. The molecule has 28 heavy (non-hydrogen) atoms. The number of fused-ring (bicyclic) bond motifs is 3. The van der Waals surface area contributed by atoms with E-state index in [9.17, 15) is 9.59 Å². The fourth-order valence-electron chi connectivity index (χ4n) is 4.52. The molecule has 152 valence electrons. The van der Waals surface area contributed by atoms with Crippen molar-refractivity contribution in [1.29, 1.82) is 0 Å². The second-order valence-corrected chi connectivity index (χ2v) is 9.30. The Kier molecular flexibility index (Phi) is 5.56. The van der Waals surface area contributed by atoms with Gasteiger partial charge in [0.25, 0.3) is 5.56 Å². The van der Waals surface area contributed by atoms with E-state index in [1.807, 2.05) is 6.92 Å². The molecule has 0 aromatic carbocycles. The maximum Gasteiger partial charge on any atom is 0.309 e. The minimum Gasteiger partial charge on any atom is -0.466 e. The zero-order valence-corrected chi connectivity index (χ0v) is 17.7. The molecule has 0 bridgehead atoms. The molecule has 7 heteroatoms. The van der Waals surface area contributed by atoms with Gasteiger partial charge in [-0.15, -0.1) is 11.3 Å². The van der Waals surface area contributed by atoms with Gasteiger partial charge in [0.05, 0.1) is 24.0 Å². The van der Waals surface area contributed by atoms with Crippen molar-refractivity contribution in [3.05, 3.63) is 26.6 Å². The Hall–Kier alpha value is -1.73. The molecule has 2 aromatic rings. The molecule has 1 aliphatic heterocycles. The molecule has 0 amide bonds. The average Bonchev–Trinajstić information content (AvgIpc) is 3.05. The Morgan fingerprint density at radius 2 is 2.11 bits per heavy atom. The number of likely N-dealkylation sites (tertiary alicyclic amines) is 1. The first-order valence-corrected chi connectivity index (χ1v) is 11.2. The topological polar surface area (TPSA) is 75.3 Å². The van der Waals surface area contributed by atoms with Crippen LogP contribution in [-0.4, -0.2) is 40.5 Å². The van der Waals surface area contributed by atoms with Gasteiger partial charge in [-0.3, -0.25) is 14.5 Å². The number of H-pyrrole nitrogens is 1. The summed E-state index contributed by atoms with van der Waals surface area (Å²) >= 11 is 1.69. The molecule has 2 atom stereocenters. The molecule has 3 heterocycles. The average molecular weight is 404 g/mol. The van der Waals surface area contributed by atoms with E-state index in [0.29, 0.717) is 12.5 Å². The monoisotopic (exact) mass is 403 g/mol. The summed E-state index contributed by atoms with van der Waals surface area (Å²) in [5, 5.41) is 0.809. The molecule has 1 fully saturated rings. The lowest BCUT2D eigenvalue weighted by Crippen LogP contribution is -2.39. The highest BCUT2D eigenvalue weighted by Gasteiger charge is 2.30. The fraction of sp³-hybridized carbons (Fsp3) is 0.667. The number of aryl methyl sites for hydroxylation is 1. The van der Waals surface area contributed by atoms with Crippen LogP contribution in [0.25, 0.3) is 10.2 Å². The Morgan fingerprint density at radius 3 is 2.82 bits per heavy atom. The van der Waals surface area contributed by atoms with Crippen LogP contribution in [0.5, 0.6) is 0 Å². The van der Waals surface area contributed by atoms with Gasteiger partial charge in [-0.1, -0.05) is 6.92 Å². The SMILES string of the molecule is CCOC(=O)C1CCN(C(C)c2nc3sc4c(c3c(=O)[nH]2)CCC(C)C4)CC1. The largest absolute Gasteiger partial charge is 0.466 e. The van der Waals surface area contributed by atoms with Crippen LogP contribution in [0.2, 0.25) is 0 Å². The number of hydrogen-bond donors (Lipinski definition) is 1. The third-order valence-electron chi connectivity index (χ3n) is 6.28. The molecule has 6 nitrogen and oxygen atoms in total. The lowest BCUT2D eigenvalue weighted by atomic mass is 9.89. The quantitative estimate of drug-likeness (QED) is 0.792. The van der Waals surface area contributed by atoms with Gasteiger partial charge in [-0.05, 0) is 70.5 Å². The van der Waals surface area contributed by atoms with E-state index in [0.717, 1.165) is 61.2 Å². The van der Waals surface area contributed by atoms with Gasteiger partial charge in [0.2, 0.25) is 0 Å². The molecular weight excluding hydrogens is 374 g/mol. The van der Waals surface area contributed by atoms with E-state index in [-0.39, 0.29) is 23.5 Å². The van der Waals surface area contributed by atoms with Crippen molar-refractivity contribution in [3.63, 3.8) is 0 Å². The van der Waals surface area contributed by atoms with Crippen molar-refractivity contribution in [2.24, 2.45) is 11.8 Å². The Morgan fingerprint density at radius 1 is 1.36 bits per heavy atom. The lowest BCUT2D eigenvalue weighted by Gasteiger charge is -2.34. The maximum absolute atomic E-state index is 12.8. The third kappa shape index (κ3) is 3.62. The molecule has 1 saturated heterocycles. The van der Waals surface area contributed by atoms with Crippen molar-refractivity contribution in [2.45, 2.75) is 58.9 Å². The van der Waals surface area contributed by atoms with Crippen LogP contribution in [0.4, 0.5) is 0 Å². The minimum atomic E-state index is -0.0823. The predicted octanol–water partition coefficient (Wildman–Crippen LogP) is 3.45. The van der Waals surface area contributed by atoms with Gasteiger partial charge in [0, 0.05) is 4.88 Å². The van der Waals surface area contributed by atoms with E-state index in [2.05, 4.69) is 23.7 Å². The van der Waals surface area contributed by atoms with Crippen LogP contribution >= 0.6 is 11.3 Å². The number of ether oxygens (including phenoxy) is 1. The molecule has 0 radical (unpaired) electrons. The van der Waals surface area contributed by atoms with Gasteiger partial charge >= 0.3 is 5.97 Å². The number of carbonyl (C=O) groups is 1. The number of hydrogen-bond acceptors (Lipinski definition) is 6. The summed E-state index contributed by atoms with van der Waals surface area (Å²) in [7, 11) is 0. The van der Waals surface area contributed by atoms with E-state index in [1.165, 1.54) is 10.4 Å². The number of esters is 1. The fourth-order valence-corrected chi connectivity index (χ4v) is 5.91. The summed E-state index contributed by atoms with van der Waals surface area (Å²) in [6, 6.07) is 0.0262. The van der Waals surface area contributed by atoms with Crippen molar-refractivity contribution in [3.8, 4) is 0 Å². The first-order valence-electron chi connectivity index (χ1n) is 10.4. The van der Waals surface area contributed by atoms with E-state index in [1.54, 1.807) is 11.3 Å². The van der Waals surface area contributed by atoms with Gasteiger partial charge in [-0.25, -0.2) is 4.98 Å². The molecule has 2 aromatic heterocycles. The molecule has 1 aliphatic carbocycles. The van der Waals surface area contributed by atoms with Crippen molar-refractivity contribution in [2.75, 3.05) is 19.7 Å². The van der Waals surface area contributed by atoms with Crippen LogP contribution in [0.1, 0.15) is 62.3 Å². The van der Waals surface area contributed by atoms with Crippen LogP contribution in [0, 0.1) is 11.8 Å². The maximum atomic E-state index is 12.8. The number of rotatable bonds is 4. The van der Waals surface area contributed by atoms with Crippen molar-refractivity contribution < 1.29 is 9.53 Å². The number of aromatic nitrogens is 2. The molecule has 0 spiro atoms. The summed E-state index contributed by atoms with van der Waals surface area (Å²) in [5.74, 6) is 1.32. The van der Waals surface area contributed by atoms with Gasteiger partial charge in [-0.2, -0.15) is 0 Å². The first-order chi connectivity index (χ1) is 13.5. The number of nitrogens with zero attached hydrogens (tertiary/aromatic N) is 2. The highest BCUT2D eigenvalue weighted by molar-refractivity contribution is 7.18. The molecule has 2 aliphatic rings. The summed E-state index contributed by atoms with van der Waals surface area (Å²) in [4.78, 5) is 37.2. The number of carbonyl (C=O) groups excluding carboxylic acids is 1. The minimum absolute atomic E-state index is 0.000289. The lowest BCUT2D eigenvalue weighted by molar-refractivity contribution is -0.149. The number of aromatic amines is 1. The standard InChI is InChI=1S/C21H29N3O3S/c1-4-27-21(26)14-7-9-24(10-8-14)13(3)18-22-19(25)17-15-6-5-12(2)11-16(15)28-20(17)23-18/h12-14H,4-11H2,1-3H3,(H,22,23,25). The van der Waals surface area contributed by atoms with E-state index < -0.39 is 0 Å². The van der Waals surface area contributed by atoms with Gasteiger partial charge < -0.3 is 9.72 Å². The van der Waals surface area contributed by atoms with Crippen molar-refractivity contribution in [1.82, 2.24) is 14.9 Å². The molecule has 4 rings (SSSR count). The van der Waals surface area contributed by atoms with E-state index in [4.69, 9.17) is 9.72 Å². The van der Waals surface area contributed by atoms with Crippen LogP contribution in [-0.2, 0) is 22.4 Å². The van der Waals surface area contributed by atoms with E-state index >= 15 is 0 Å². The normalized spacial score (nSPS) is 22.2. The smallest absolute Gasteiger partial charge is 0.309 e. The summed E-state index contributed by atoms with van der Waals surface area (Å²) in [6.45, 7) is 8.26. The Labute approximate surface area is 169 Å². The second-order valence-electron chi connectivity index (χ2n) is 8.22. The number of thiophene rings is 1. The molecule has 1 N–H and O–H groups in total. The molecule has 2 unspecified atom stereocenters. The summed E-state index contributed by atoms with van der Waals surface area (Å²) in [6.07, 6.45) is 4.77. The van der Waals surface area contributed by atoms with Crippen LogP contribution in [0.15, 0.2) is 4.79 Å². The zero-order valence-electron chi connectivity index (χ0n) is 16.9. The summed E-state index contributed by atoms with van der Waals surface area (Å²) < 4.78 is 5.16. The summed E-state index contributed by atoms with van der Waals surface area (Å²) in [5.41, 5.74) is 1.22. The molecule has 0 saturated carbocycles. The second kappa shape index (κ2) is 7.95. The van der Waals surface area contributed by atoms with Crippen LogP contribution < -0.4 is 5.56 Å². The Balaban J connectivity index is 1.53. The molecular formula is C21H29N3O3S.